The van der Waals surface area contributed by atoms with E-state index in [4.69, 9.17) is 18.9 Å². The smallest absolute Gasteiger partial charge is 0.191 e. The van der Waals surface area contributed by atoms with Gasteiger partial charge in [-0.05, 0) is 45.2 Å². The first-order valence-electron chi connectivity index (χ1n) is 10.8. The molecule has 0 saturated carbocycles. The van der Waals surface area contributed by atoms with Gasteiger partial charge in [0.15, 0.2) is 5.96 Å². The summed E-state index contributed by atoms with van der Waals surface area (Å²) >= 11 is 0. The molecule has 1 fully saturated rings. The van der Waals surface area contributed by atoms with Gasteiger partial charge in [0.1, 0.15) is 17.6 Å². The van der Waals surface area contributed by atoms with E-state index in [0.717, 1.165) is 75.1 Å². The molecule has 3 rings (SSSR count). The number of aliphatic imine (C=N–C) groups is 1. The number of guanidine groups is 1. The van der Waals surface area contributed by atoms with Crippen LogP contribution < -0.4 is 20.1 Å². The van der Waals surface area contributed by atoms with Crippen molar-refractivity contribution in [2.24, 2.45) is 4.99 Å². The van der Waals surface area contributed by atoms with E-state index in [9.17, 15) is 0 Å². The molecule has 0 amide bonds. The standard InChI is InChI=1S/C22H35N3O4.HI/c1-4-27-20-13-17-12-16(2)29-21(17)14-18(20)15-25-22(23-3)24-8-5-9-28-19-6-10-26-11-7-19;/h13-14,16,19H,4-12,15H2,1-3H3,(H2,23,24,25);1H. The lowest BCUT2D eigenvalue weighted by Gasteiger charge is -2.22. The minimum absolute atomic E-state index is 0. The van der Waals surface area contributed by atoms with Crippen LogP contribution in [-0.4, -0.2) is 58.2 Å². The summed E-state index contributed by atoms with van der Waals surface area (Å²) in [6, 6.07) is 4.20. The fourth-order valence-corrected chi connectivity index (χ4v) is 3.68. The topological polar surface area (TPSA) is 73.3 Å². The monoisotopic (exact) mass is 533 g/mol. The number of hydrogen-bond acceptors (Lipinski definition) is 5. The maximum absolute atomic E-state index is 5.91. The van der Waals surface area contributed by atoms with Crippen molar-refractivity contribution in [2.75, 3.05) is 40.0 Å². The quantitative estimate of drug-likeness (QED) is 0.220. The lowest BCUT2D eigenvalue weighted by Crippen LogP contribution is -2.37. The largest absolute Gasteiger partial charge is 0.494 e. The predicted octanol–water partition coefficient (Wildman–Crippen LogP) is 3.28. The third-order valence-corrected chi connectivity index (χ3v) is 5.18. The zero-order chi connectivity index (χ0) is 20.5. The maximum Gasteiger partial charge on any atom is 0.191 e. The number of nitrogens with one attached hydrogen (secondary N) is 2. The van der Waals surface area contributed by atoms with E-state index < -0.39 is 0 Å². The molecular formula is C22H36IN3O4. The summed E-state index contributed by atoms with van der Waals surface area (Å²) in [7, 11) is 1.78. The van der Waals surface area contributed by atoms with E-state index in [0.29, 0.717) is 19.3 Å². The second kappa shape index (κ2) is 13.2. The molecule has 2 heterocycles. The second-order valence-electron chi connectivity index (χ2n) is 7.52. The molecule has 2 aliphatic rings. The first-order valence-corrected chi connectivity index (χ1v) is 10.8. The van der Waals surface area contributed by atoms with Gasteiger partial charge in [0.2, 0.25) is 0 Å². The molecule has 0 bridgehead atoms. The Morgan fingerprint density at radius 2 is 2.03 bits per heavy atom. The molecule has 1 saturated heterocycles. The summed E-state index contributed by atoms with van der Waals surface area (Å²) in [4.78, 5) is 4.32. The number of benzene rings is 1. The van der Waals surface area contributed by atoms with Crippen molar-refractivity contribution < 1.29 is 18.9 Å². The average Bonchev–Trinajstić information content (AvgIpc) is 3.09. The summed E-state index contributed by atoms with van der Waals surface area (Å²) < 4.78 is 23.0. The van der Waals surface area contributed by atoms with E-state index in [2.05, 4.69) is 34.7 Å². The number of nitrogens with zero attached hydrogens (tertiary/aromatic N) is 1. The normalized spacial score (nSPS) is 18.9. The number of fused-ring (bicyclic) bond motifs is 1. The van der Waals surface area contributed by atoms with Crippen LogP contribution in [-0.2, 0) is 22.4 Å². The van der Waals surface area contributed by atoms with E-state index in [-0.39, 0.29) is 30.1 Å². The van der Waals surface area contributed by atoms with Crippen molar-refractivity contribution in [3.63, 3.8) is 0 Å². The second-order valence-corrected chi connectivity index (χ2v) is 7.52. The summed E-state index contributed by atoms with van der Waals surface area (Å²) in [5.74, 6) is 2.65. The molecule has 7 nitrogen and oxygen atoms in total. The van der Waals surface area contributed by atoms with Gasteiger partial charge in [0.05, 0.1) is 12.7 Å². The van der Waals surface area contributed by atoms with E-state index in [1.54, 1.807) is 7.05 Å². The Labute approximate surface area is 197 Å². The minimum atomic E-state index is 0. The molecule has 0 spiro atoms. The van der Waals surface area contributed by atoms with Crippen LogP contribution in [0.1, 0.15) is 44.2 Å². The fourth-order valence-electron chi connectivity index (χ4n) is 3.68. The highest BCUT2D eigenvalue weighted by Crippen LogP contribution is 2.35. The van der Waals surface area contributed by atoms with Gasteiger partial charge in [-0.1, -0.05) is 0 Å². The molecule has 2 N–H and O–H groups in total. The molecule has 1 aromatic rings. The van der Waals surface area contributed by atoms with Crippen molar-refractivity contribution in [2.45, 2.75) is 58.3 Å². The van der Waals surface area contributed by atoms with Crippen LogP contribution >= 0.6 is 24.0 Å². The highest BCUT2D eigenvalue weighted by Gasteiger charge is 2.22. The highest BCUT2D eigenvalue weighted by molar-refractivity contribution is 14.0. The van der Waals surface area contributed by atoms with Gasteiger partial charge in [0, 0.05) is 57.5 Å². The van der Waals surface area contributed by atoms with E-state index >= 15 is 0 Å². The van der Waals surface area contributed by atoms with Gasteiger partial charge >= 0.3 is 0 Å². The number of ether oxygens (including phenoxy) is 4. The van der Waals surface area contributed by atoms with Crippen molar-refractivity contribution in [1.82, 2.24) is 10.6 Å². The molecule has 0 aromatic heterocycles. The fraction of sp³-hybridized carbons (Fsp3) is 0.682. The predicted molar refractivity (Wildman–Crippen MR) is 129 cm³/mol. The van der Waals surface area contributed by atoms with Crippen molar-refractivity contribution in [3.8, 4) is 11.5 Å². The summed E-state index contributed by atoms with van der Waals surface area (Å²) in [5.41, 5.74) is 2.29. The Morgan fingerprint density at radius 3 is 2.77 bits per heavy atom. The Morgan fingerprint density at radius 1 is 1.23 bits per heavy atom. The van der Waals surface area contributed by atoms with Crippen LogP contribution in [0.4, 0.5) is 0 Å². The third kappa shape index (κ3) is 7.46. The molecule has 0 aliphatic carbocycles. The van der Waals surface area contributed by atoms with Crippen LogP contribution in [0.15, 0.2) is 17.1 Å². The Kier molecular flexibility index (Phi) is 11.0. The molecule has 1 atom stereocenters. The summed E-state index contributed by atoms with van der Waals surface area (Å²) in [5, 5.41) is 6.72. The zero-order valence-corrected chi connectivity index (χ0v) is 20.7. The van der Waals surface area contributed by atoms with Crippen LogP contribution in [0.2, 0.25) is 0 Å². The number of hydrogen-bond donors (Lipinski definition) is 2. The Bertz CT molecular complexity index is 681. The highest BCUT2D eigenvalue weighted by atomic mass is 127. The molecule has 8 heteroatoms. The molecule has 2 aliphatic heterocycles. The third-order valence-electron chi connectivity index (χ3n) is 5.18. The lowest BCUT2D eigenvalue weighted by atomic mass is 10.1. The maximum atomic E-state index is 5.91. The summed E-state index contributed by atoms with van der Waals surface area (Å²) in [6.07, 6.45) is 4.45. The number of rotatable bonds is 9. The van der Waals surface area contributed by atoms with Gasteiger partial charge in [-0.2, -0.15) is 0 Å². The SMILES string of the molecule is CCOc1cc2c(cc1CNC(=NC)NCCCOC1CCOCC1)OC(C)C2.I. The molecule has 1 unspecified atom stereocenters. The van der Waals surface area contributed by atoms with E-state index in [1.165, 1.54) is 5.56 Å². The van der Waals surface area contributed by atoms with Crippen molar-refractivity contribution >= 4 is 29.9 Å². The van der Waals surface area contributed by atoms with Crippen LogP contribution in [0.3, 0.4) is 0 Å². The van der Waals surface area contributed by atoms with Crippen LogP contribution in [0.25, 0.3) is 0 Å². The van der Waals surface area contributed by atoms with Crippen LogP contribution in [0, 0.1) is 0 Å². The molecule has 30 heavy (non-hydrogen) atoms. The summed E-state index contributed by atoms with van der Waals surface area (Å²) in [6.45, 7) is 8.56. The average molecular weight is 533 g/mol. The van der Waals surface area contributed by atoms with Gasteiger partial charge in [0.25, 0.3) is 0 Å². The minimum Gasteiger partial charge on any atom is -0.494 e. The first kappa shape index (κ1) is 25.0. The lowest BCUT2D eigenvalue weighted by molar-refractivity contribution is -0.0320. The Balaban J connectivity index is 0.00000320. The van der Waals surface area contributed by atoms with Gasteiger partial charge in [-0.15, -0.1) is 24.0 Å². The van der Waals surface area contributed by atoms with Crippen molar-refractivity contribution in [3.05, 3.63) is 23.3 Å². The number of halogens is 1. The van der Waals surface area contributed by atoms with Crippen LogP contribution in [0.5, 0.6) is 11.5 Å². The van der Waals surface area contributed by atoms with Gasteiger partial charge in [-0.3, -0.25) is 4.99 Å². The zero-order valence-electron chi connectivity index (χ0n) is 18.4. The molecule has 1 aromatic carbocycles. The molecule has 170 valence electrons. The molecular weight excluding hydrogens is 497 g/mol. The van der Waals surface area contributed by atoms with Gasteiger partial charge < -0.3 is 29.6 Å². The van der Waals surface area contributed by atoms with E-state index in [1.807, 2.05) is 6.92 Å². The van der Waals surface area contributed by atoms with Gasteiger partial charge in [-0.25, -0.2) is 0 Å². The first-order chi connectivity index (χ1) is 14.2. The molecule has 0 radical (unpaired) electrons. The van der Waals surface area contributed by atoms with Crippen molar-refractivity contribution in [1.29, 1.82) is 0 Å². The Hall–Kier alpha value is -1.26.